The molecule has 1 heterocycles. The van der Waals surface area contributed by atoms with Crippen molar-refractivity contribution < 1.29 is 9.18 Å². The molecule has 0 saturated heterocycles. The summed E-state index contributed by atoms with van der Waals surface area (Å²) < 4.78 is 13.3. The van der Waals surface area contributed by atoms with Gasteiger partial charge in [0.05, 0.1) is 12.2 Å². The Labute approximate surface area is 110 Å². The normalized spacial score (nSPS) is 9.95. The Morgan fingerprint density at radius 1 is 1.05 bits per heavy atom. The zero-order chi connectivity index (χ0) is 13.5. The van der Waals surface area contributed by atoms with Crippen LogP contribution in [0.25, 0.3) is 0 Å². The van der Waals surface area contributed by atoms with Gasteiger partial charge in [0.15, 0.2) is 0 Å². The van der Waals surface area contributed by atoms with E-state index in [2.05, 4.69) is 15.6 Å². The second-order valence-electron chi connectivity index (χ2n) is 3.95. The Morgan fingerprint density at radius 3 is 2.53 bits per heavy atom. The predicted octanol–water partition coefficient (Wildman–Crippen LogP) is 2.22. The molecule has 0 bridgehead atoms. The molecule has 0 aliphatic rings. The molecule has 0 saturated carbocycles. The number of rotatable bonds is 4. The van der Waals surface area contributed by atoms with Crippen LogP contribution in [0.4, 0.5) is 9.18 Å². The molecule has 2 aromatic rings. The number of aromatic nitrogens is 1. The van der Waals surface area contributed by atoms with Gasteiger partial charge in [0, 0.05) is 12.7 Å². The first kappa shape index (κ1) is 13.0. The third-order valence-electron chi connectivity index (χ3n) is 2.55. The Bertz CT molecular complexity index is 545. The number of benzene rings is 1. The fourth-order valence-electron chi connectivity index (χ4n) is 1.55. The first-order chi connectivity index (χ1) is 9.25. The van der Waals surface area contributed by atoms with E-state index in [4.69, 9.17) is 0 Å². The average Bonchev–Trinajstić information content (AvgIpc) is 2.45. The van der Waals surface area contributed by atoms with E-state index >= 15 is 0 Å². The summed E-state index contributed by atoms with van der Waals surface area (Å²) in [5.41, 5.74) is 1.22. The zero-order valence-electron chi connectivity index (χ0n) is 10.3. The number of halogens is 1. The lowest BCUT2D eigenvalue weighted by molar-refractivity contribution is 0.240. The molecule has 1 aromatic carbocycles. The molecule has 4 nitrogen and oxygen atoms in total. The monoisotopic (exact) mass is 259 g/mol. The van der Waals surface area contributed by atoms with E-state index in [1.807, 2.05) is 30.3 Å². The third-order valence-corrected chi connectivity index (χ3v) is 2.55. The maximum atomic E-state index is 13.3. The highest BCUT2D eigenvalue weighted by molar-refractivity contribution is 5.73. The number of nitrogens with one attached hydrogen (secondary N) is 2. The first-order valence-electron chi connectivity index (χ1n) is 5.91. The molecule has 0 fully saturated rings. The summed E-state index contributed by atoms with van der Waals surface area (Å²) in [6.07, 6.45) is 1.49. The number of hydrogen-bond acceptors (Lipinski definition) is 2. The van der Waals surface area contributed by atoms with Crippen LogP contribution in [0.5, 0.6) is 0 Å². The SMILES string of the molecule is O=C(NCc1ccccc1)NCc1ncccc1F. The largest absolute Gasteiger partial charge is 0.334 e. The molecule has 5 heteroatoms. The fraction of sp³-hybridized carbons (Fsp3) is 0.143. The Balaban J connectivity index is 1.78. The van der Waals surface area contributed by atoms with Gasteiger partial charge < -0.3 is 10.6 Å². The van der Waals surface area contributed by atoms with Crippen molar-refractivity contribution in [2.24, 2.45) is 0 Å². The summed E-state index contributed by atoms with van der Waals surface area (Å²) >= 11 is 0. The smallest absolute Gasteiger partial charge is 0.315 e. The Hall–Kier alpha value is -2.43. The molecule has 0 aliphatic carbocycles. The number of pyridine rings is 1. The molecular formula is C14H14FN3O. The van der Waals surface area contributed by atoms with Crippen LogP contribution >= 0.6 is 0 Å². The molecule has 98 valence electrons. The average molecular weight is 259 g/mol. The van der Waals surface area contributed by atoms with Gasteiger partial charge >= 0.3 is 6.03 Å². The number of nitrogens with zero attached hydrogens (tertiary/aromatic N) is 1. The molecular weight excluding hydrogens is 245 g/mol. The lowest BCUT2D eigenvalue weighted by atomic mass is 10.2. The molecule has 0 aliphatic heterocycles. The number of carbonyl (C=O) groups excluding carboxylic acids is 1. The summed E-state index contributed by atoms with van der Waals surface area (Å²) in [6, 6.07) is 12.0. The van der Waals surface area contributed by atoms with Gasteiger partial charge in [-0.2, -0.15) is 0 Å². The third kappa shape index (κ3) is 4.06. The van der Waals surface area contributed by atoms with E-state index < -0.39 is 5.82 Å². The van der Waals surface area contributed by atoms with E-state index in [-0.39, 0.29) is 18.3 Å². The molecule has 2 N–H and O–H groups in total. The van der Waals surface area contributed by atoms with Gasteiger partial charge in [0.1, 0.15) is 5.82 Å². The lowest BCUT2D eigenvalue weighted by Gasteiger charge is -2.07. The molecule has 0 atom stereocenters. The van der Waals surface area contributed by atoms with Gasteiger partial charge in [-0.15, -0.1) is 0 Å². The van der Waals surface area contributed by atoms with Crippen molar-refractivity contribution in [3.05, 3.63) is 65.7 Å². The molecule has 2 amide bonds. The number of carbonyl (C=O) groups is 1. The van der Waals surface area contributed by atoms with E-state index in [0.29, 0.717) is 6.54 Å². The fourth-order valence-corrected chi connectivity index (χ4v) is 1.55. The second-order valence-corrected chi connectivity index (χ2v) is 3.95. The minimum atomic E-state index is -0.425. The number of urea groups is 1. The van der Waals surface area contributed by atoms with Crippen LogP contribution in [0.2, 0.25) is 0 Å². The van der Waals surface area contributed by atoms with Crippen LogP contribution in [0.3, 0.4) is 0 Å². The van der Waals surface area contributed by atoms with Crippen LogP contribution in [0.15, 0.2) is 48.7 Å². The summed E-state index contributed by atoms with van der Waals surface area (Å²) in [7, 11) is 0. The van der Waals surface area contributed by atoms with Crippen LogP contribution in [-0.2, 0) is 13.1 Å². The van der Waals surface area contributed by atoms with Crippen molar-refractivity contribution in [1.29, 1.82) is 0 Å². The molecule has 1 aromatic heterocycles. The highest BCUT2D eigenvalue weighted by atomic mass is 19.1. The molecule has 0 radical (unpaired) electrons. The summed E-state index contributed by atoms with van der Waals surface area (Å²) in [5.74, 6) is -0.425. The van der Waals surface area contributed by atoms with Crippen LogP contribution < -0.4 is 10.6 Å². The number of amides is 2. The van der Waals surface area contributed by atoms with Crippen LogP contribution in [0.1, 0.15) is 11.3 Å². The first-order valence-corrected chi connectivity index (χ1v) is 5.91. The minimum absolute atomic E-state index is 0.0628. The van der Waals surface area contributed by atoms with Gasteiger partial charge in [-0.3, -0.25) is 4.98 Å². The molecule has 2 rings (SSSR count). The van der Waals surface area contributed by atoms with Gasteiger partial charge in [0.25, 0.3) is 0 Å². The Kier molecular flexibility index (Phi) is 4.44. The van der Waals surface area contributed by atoms with Gasteiger partial charge in [-0.05, 0) is 17.7 Å². The van der Waals surface area contributed by atoms with Gasteiger partial charge in [-0.1, -0.05) is 30.3 Å². The summed E-state index contributed by atoms with van der Waals surface area (Å²) in [6.45, 7) is 0.491. The molecule has 0 spiro atoms. The van der Waals surface area contributed by atoms with Crippen molar-refractivity contribution in [3.63, 3.8) is 0 Å². The topological polar surface area (TPSA) is 54.0 Å². The molecule has 0 unspecified atom stereocenters. The second kappa shape index (κ2) is 6.49. The van der Waals surface area contributed by atoms with E-state index in [1.54, 1.807) is 0 Å². The maximum absolute atomic E-state index is 13.3. The van der Waals surface area contributed by atoms with Crippen molar-refractivity contribution in [2.45, 2.75) is 13.1 Å². The number of hydrogen-bond donors (Lipinski definition) is 2. The van der Waals surface area contributed by atoms with Crippen LogP contribution in [0, 0.1) is 5.82 Å². The Morgan fingerprint density at radius 2 is 1.79 bits per heavy atom. The lowest BCUT2D eigenvalue weighted by Crippen LogP contribution is -2.34. The molecule has 19 heavy (non-hydrogen) atoms. The van der Waals surface area contributed by atoms with Crippen molar-refractivity contribution in [3.8, 4) is 0 Å². The highest BCUT2D eigenvalue weighted by Gasteiger charge is 2.04. The minimum Gasteiger partial charge on any atom is -0.334 e. The van der Waals surface area contributed by atoms with Gasteiger partial charge in [-0.25, -0.2) is 9.18 Å². The highest BCUT2D eigenvalue weighted by Crippen LogP contribution is 2.01. The quantitative estimate of drug-likeness (QED) is 0.884. The van der Waals surface area contributed by atoms with Crippen molar-refractivity contribution in [2.75, 3.05) is 0 Å². The summed E-state index contributed by atoms with van der Waals surface area (Å²) in [5, 5.41) is 5.25. The van der Waals surface area contributed by atoms with Crippen LogP contribution in [-0.4, -0.2) is 11.0 Å². The van der Waals surface area contributed by atoms with Crippen molar-refractivity contribution >= 4 is 6.03 Å². The zero-order valence-corrected chi connectivity index (χ0v) is 10.3. The van der Waals surface area contributed by atoms with E-state index in [0.717, 1.165) is 5.56 Å². The standard InChI is InChI=1S/C14H14FN3O/c15-12-7-4-8-16-13(12)10-18-14(19)17-9-11-5-2-1-3-6-11/h1-8H,9-10H2,(H2,17,18,19). The van der Waals surface area contributed by atoms with E-state index in [1.165, 1.54) is 18.3 Å². The summed E-state index contributed by atoms with van der Waals surface area (Å²) in [4.78, 5) is 15.4. The van der Waals surface area contributed by atoms with Gasteiger partial charge in [0.2, 0.25) is 0 Å². The van der Waals surface area contributed by atoms with E-state index in [9.17, 15) is 9.18 Å². The predicted molar refractivity (Wildman–Crippen MR) is 69.7 cm³/mol. The maximum Gasteiger partial charge on any atom is 0.315 e. The van der Waals surface area contributed by atoms with Crippen molar-refractivity contribution in [1.82, 2.24) is 15.6 Å².